The third-order valence-electron chi connectivity index (χ3n) is 3.69. The molecule has 4 heterocycles. The minimum atomic E-state index is -4.71. The topological polar surface area (TPSA) is 103 Å². The number of nitrogens with zero attached hydrogens (tertiary/aromatic N) is 7. The van der Waals surface area contributed by atoms with Crippen LogP contribution in [0.15, 0.2) is 29.3 Å². The van der Waals surface area contributed by atoms with Crippen molar-refractivity contribution in [1.29, 1.82) is 0 Å². The van der Waals surface area contributed by atoms with Crippen molar-refractivity contribution in [2.45, 2.75) is 20.0 Å². The van der Waals surface area contributed by atoms with Crippen LogP contribution in [0.25, 0.3) is 16.7 Å². The molecule has 4 rings (SSSR count). The average Bonchev–Trinajstić information content (AvgIpc) is 3.01. The fourth-order valence-corrected chi connectivity index (χ4v) is 2.61. The molecule has 0 aromatic carbocycles. The minimum Gasteiger partial charge on any atom is -0.267 e. The fraction of sp³-hybridized carbons (Fsp3) is 0.200. The Morgan fingerprint density at radius 3 is 2.48 bits per heavy atom. The molecule has 4 aromatic rings. The second-order valence-electron chi connectivity index (χ2n) is 5.78. The van der Waals surface area contributed by atoms with Crippen molar-refractivity contribution in [2.75, 3.05) is 5.43 Å². The maximum atomic E-state index is 12.8. The first-order valence-electron chi connectivity index (χ1n) is 7.66. The lowest BCUT2D eigenvalue weighted by Crippen LogP contribution is -2.27. The van der Waals surface area contributed by atoms with Gasteiger partial charge in [0.05, 0.1) is 10.9 Å². The normalized spacial score (nSPS) is 12.0. The van der Waals surface area contributed by atoms with Crippen molar-refractivity contribution in [3.63, 3.8) is 0 Å². The van der Waals surface area contributed by atoms with E-state index in [4.69, 9.17) is 0 Å². The van der Waals surface area contributed by atoms with E-state index in [1.54, 1.807) is 19.9 Å². The number of fused-ring (bicyclic) bond motifs is 3. The number of nitrogens with one attached hydrogen (secondary N) is 1. The summed E-state index contributed by atoms with van der Waals surface area (Å²) >= 11 is 0. The molecule has 0 atom stereocenters. The van der Waals surface area contributed by atoms with Crippen molar-refractivity contribution in [3.05, 3.63) is 52.1 Å². The Hall–Kier alpha value is -3.57. The summed E-state index contributed by atoms with van der Waals surface area (Å²) < 4.78 is 40.5. The maximum Gasteiger partial charge on any atom is 0.453 e. The summed E-state index contributed by atoms with van der Waals surface area (Å²) in [4.78, 5) is 28.2. The summed E-state index contributed by atoms with van der Waals surface area (Å²) in [5.74, 6) is -1.37. The molecule has 9 nitrogen and oxygen atoms in total. The number of alkyl halides is 3. The molecule has 12 heteroatoms. The molecule has 1 N–H and O–H groups in total. The van der Waals surface area contributed by atoms with Crippen molar-refractivity contribution in [1.82, 2.24) is 34.2 Å². The zero-order valence-electron chi connectivity index (χ0n) is 14.0. The zero-order valence-corrected chi connectivity index (χ0v) is 14.0. The van der Waals surface area contributed by atoms with Crippen LogP contribution in [-0.4, -0.2) is 34.2 Å². The van der Waals surface area contributed by atoms with Gasteiger partial charge in [-0.2, -0.15) is 22.7 Å². The van der Waals surface area contributed by atoms with E-state index in [-0.39, 0.29) is 22.6 Å². The van der Waals surface area contributed by atoms with Gasteiger partial charge in [-0.15, -0.1) is 5.10 Å². The third-order valence-corrected chi connectivity index (χ3v) is 3.69. The molecule has 0 fully saturated rings. The SMILES string of the molecule is Cc1cc(C)nc(Nn2ccc3c(cnc4nc(C(F)(F)F)nn43)c2=O)n1. The molecule has 0 saturated carbocycles. The Labute approximate surface area is 148 Å². The highest BCUT2D eigenvalue weighted by Crippen LogP contribution is 2.26. The number of hydrogen-bond acceptors (Lipinski definition) is 7. The Balaban J connectivity index is 1.84. The first kappa shape index (κ1) is 16.9. The van der Waals surface area contributed by atoms with Crippen LogP contribution >= 0.6 is 0 Å². The van der Waals surface area contributed by atoms with Gasteiger partial charge in [-0.05, 0) is 26.0 Å². The second-order valence-corrected chi connectivity index (χ2v) is 5.78. The van der Waals surface area contributed by atoms with Crippen molar-refractivity contribution >= 4 is 22.6 Å². The fourth-order valence-electron chi connectivity index (χ4n) is 2.61. The number of hydrogen-bond donors (Lipinski definition) is 1. The van der Waals surface area contributed by atoms with E-state index in [0.717, 1.165) is 15.4 Å². The van der Waals surface area contributed by atoms with Gasteiger partial charge in [0.25, 0.3) is 17.2 Å². The molecule has 138 valence electrons. The summed E-state index contributed by atoms with van der Waals surface area (Å²) in [6.07, 6.45) is -2.21. The Morgan fingerprint density at radius 1 is 1.11 bits per heavy atom. The highest BCUT2D eigenvalue weighted by molar-refractivity contribution is 5.78. The number of anilines is 1. The molecule has 0 unspecified atom stereocenters. The van der Waals surface area contributed by atoms with Crippen LogP contribution in [0, 0.1) is 13.8 Å². The standard InChI is InChI=1S/C15H11F3N8O/c1-7-5-8(2)21-13(20-7)24-25-4-3-10-9(11(25)27)6-19-14-22-12(15(16,17)18)23-26(10)14/h3-6H,1-2H3,(H,20,21,24). The van der Waals surface area contributed by atoms with E-state index in [2.05, 4.69) is 30.5 Å². The van der Waals surface area contributed by atoms with Crippen LogP contribution in [0.4, 0.5) is 19.1 Å². The van der Waals surface area contributed by atoms with Crippen LogP contribution in [0.2, 0.25) is 0 Å². The summed E-state index contributed by atoms with van der Waals surface area (Å²) in [7, 11) is 0. The van der Waals surface area contributed by atoms with Crippen molar-refractivity contribution < 1.29 is 13.2 Å². The molecule has 0 amide bonds. The number of halogens is 3. The summed E-state index contributed by atoms with van der Waals surface area (Å²) in [6.45, 7) is 3.57. The van der Waals surface area contributed by atoms with Gasteiger partial charge in [0, 0.05) is 23.8 Å². The summed E-state index contributed by atoms with van der Waals surface area (Å²) in [5.41, 5.74) is 3.78. The third kappa shape index (κ3) is 2.94. The quantitative estimate of drug-likeness (QED) is 0.568. The lowest BCUT2D eigenvalue weighted by molar-refractivity contribution is -0.144. The van der Waals surface area contributed by atoms with Gasteiger partial charge >= 0.3 is 6.18 Å². The molecule has 4 aromatic heterocycles. The van der Waals surface area contributed by atoms with Crippen LogP contribution in [-0.2, 0) is 6.18 Å². The van der Waals surface area contributed by atoms with Gasteiger partial charge in [0.1, 0.15) is 0 Å². The molecule has 0 bridgehead atoms. The lowest BCUT2D eigenvalue weighted by Gasteiger charge is -2.10. The molecule has 0 radical (unpaired) electrons. The smallest absolute Gasteiger partial charge is 0.267 e. The number of rotatable bonds is 2. The maximum absolute atomic E-state index is 12.8. The monoisotopic (exact) mass is 376 g/mol. The average molecular weight is 376 g/mol. The Bertz CT molecular complexity index is 1220. The van der Waals surface area contributed by atoms with E-state index >= 15 is 0 Å². The molecule has 27 heavy (non-hydrogen) atoms. The second kappa shape index (κ2) is 5.72. The first-order chi connectivity index (χ1) is 12.7. The minimum absolute atomic E-state index is 0.0560. The molecule has 0 aliphatic carbocycles. The molecule has 0 aliphatic heterocycles. The van der Waals surface area contributed by atoms with Crippen LogP contribution in [0.5, 0.6) is 0 Å². The van der Waals surface area contributed by atoms with Crippen molar-refractivity contribution in [2.24, 2.45) is 0 Å². The van der Waals surface area contributed by atoms with Crippen LogP contribution in [0.3, 0.4) is 0 Å². The van der Waals surface area contributed by atoms with Gasteiger partial charge < -0.3 is 0 Å². The molecule has 0 saturated heterocycles. The predicted molar refractivity (Wildman–Crippen MR) is 88.1 cm³/mol. The summed E-state index contributed by atoms with van der Waals surface area (Å²) in [6, 6.07) is 3.20. The zero-order chi connectivity index (χ0) is 19.3. The lowest BCUT2D eigenvalue weighted by atomic mass is 10.3. The molecular weight excluding hydrogens is 365 g/mol. The number of aromatic nitrogens is 7. The van der Waals surface area contributed by atoms with E-state index in [1.807, 2.05) is 0 Å². The van der Waals surface area contributed by atoms with E-state index < -0.39 is 17.6 Å². The highest BCUT2D eigenvalue weighted by Gasteiger charge is 2.36. The summed E-state index contributed by atoms with van der Waals surface area (Å²) in [5, 5.41) is 3.47. The van der Waals surface area contributed by atoms with E-state index in [9.17, 15) is 18.0 Å². The Morgan fingerprint density at radius 2 is 1.81 bits per heavy atom. The van der Waals surface area contributed by atoms with Crippen LogP contribution < -0.4 is 11.0 Å². The molecule has 0 aliphatic rings. The van der Waals surface area contributed by atoms with Crippen LogP contribution in [0.1, 0.15) is 17.2 Å². The van der Waals surface area contributed by atoms with Gasteiger partial charge in [0.15, 0.2) is 0 Å². The first-order valence-corrected chi connectivity index (χ1v) is 7.66. The Kier molecular flexibility index (Phi) is 3.58. The number of aryl methyl sites for hydroxylation is 2. The van der Waals surface area contributed by atoms with Gasteiger partial charge in [0.2, 0.25) is 5.95 Å². The van der Waals surface area contributed by atoms with Gasteiger partial charge in [-0.1, -0.05) is 0 Å². The van der Waals surface area contributed by atoms with E-state index in [0.29, 0.717) is 11.4 Å². The van der Waals surface area contributed by atoms with E-state index in [1.165, 1.54) is 12.3 Å². The molecule has 0 spiro atoms. The van der Waals surface area contributed by atoms with Gasteiger partial charge in [-0.3, -0.25) is 10.2 Å². The van der Waals surface area contributed by atoms with Gasteiger partial charge in [-0.25, -0.2) is 19.6 Å². The number of pyridine rings is 1. The largest absolute Gasteiger partial charge is 0.453 e. The van der Waals surface area contributed by atoms with Crippen molar-refractivity contribution in [3.8, 4) is 0 Å². The molecular formula is C15H11F3N8O. The predicted octanol–water partition coefficient (Wildman–Crippen LogP) is 1.74. The highest BCUT2D eigenvalue weighted by atomic mass is 19.4.